The first kappa shape index (κ1) is 18.6. The van der Waals surface area contributed by atoms with Gasteiger partial charge >= 0.3 is 0 Å². The van der Waals surface area contributed by atoms with Gasteiger partial charge in [-0.1, -0.05) is 12.1 Å². The van der Waals surface area contributed by atoms with E-state index in [1.807, 2.05) is 23.5 Å². The molecule has 0 saturated carbocycles. The van der Waals surface area contributed by atoms with E-state index < -0.39 is 0 Å². The minimum atomic E-state index is 1.10. The molecular formula is C24H12S5. The highest BCUT2D eigenvalue weighted by Crippen LogP contribution is 2.39. The van der Waals surface area contributed by atoms with Gasteiger partial charge in [-0.15, -0.1) is 56.7 Å². The molecule has 5 rings (SSSR count). The Labute approximate surface area is 189 Å². The van der Waals surface area contributed by atoms with Gasteiger partial charge in [-0.3, -0.25) is 0 Å². The summed E-state index contributed by atoms with van der Waals surface area (Å²) in [6.45, 7) is 0. The Hall–Kier alpha value is -2.38. The summed E-state index contributed by atoms with van der Waals surface area (Å²) in [5, 5.41) is 4.11. The van der Waals surface area contributed by atoms with E-state index in [1.165, 1.54) is 19.5 Å². The van der Waals surface area contributed by atoms with Crippen LogP contribution in [0.4, 0.5) is 0 Å². The van der Waals surface area contributed by atoms with Crippen molar-refractivity contribution in [3.8, 4) is 43.2 Å². The van der Waals surface area contributed by atoms with Gasteiger partial charge in [0, 0.05) is 19.5 Å². The summed E-state index contributed by atoms with van der Waals surface area (Å²) in [5.41, 5.74) is 0. The van der Waals surface area contributed by atoms with Crippen LogP contribution in [0.3, 0.4) is 0 Å². The van der Waals surface area contributed by atoms with E-state index >= 15 is 0 Å². The number of thiophene rings is 5. The van der Waals surface area contributed by atoms with E-state index in [1.54, 1.807) is 45.3 Å². The average Bonchev–Trinajstić information content (AvgIpc) is 3.54. The highest BCUT2D eigenvalue weighted by atomic mass is 32.1. The van der Waals surface area contributed by atoms with Crippen molar-refractivity contribution in [3.05, 3.63) is 90.9 Å². The molecule has 0 aliphatic rings. The zero-order chi connectivity index (χ0) is 19.5. The summed E-state index contributed by atoms with van der Waals surface area (Å²) >= 11 is 8.68. The zero-order valence-corrected chi connectivity index (χ0v) is 19.1. The summed E-state index contributed by atoms with van der Waals surface area (Å²) in [6.07, 6.45) is 0. The summed E-state index contributed by atoms with van der Waals surface area (Å²) in [7, 11) is 0. The maximum absolute atomic E-state index is 3.28. The Morgan fingerprint density at radius 2 is 0.828 bits per heavy atom. The highest BCUT2D eigenvalue weighted by molar-refractivity contribution is 7.26. The second-order valence-corrected chi connectivity index (χ2v) is 11.1. The second-order valence-electron chi connectivity index (χ2n) is 5.95. The first-order valence-electron chi connectivity index (χ1n) is 8.75. The van der Waals surface area contributed by atoms with Crippen molar-refractivity contribution < 1.29 is 0 Å². The minimum Gasteiger partial charge on any atom is -0.135 e. The van der Waals surface area contributed by atoms with Crippen LogP contribution >= 0.6 is 56.7 Å². The highest BCUT2D eigenvalue weighted by Gasteiger charge is 2.09. The molecule has 0 aliphatic carbocycles. The molecule has 0 aliphatic heterocycles. The molecular weight excluding hydrogens is 449 g/mol. The molecule has 0 bridgehead atoms. The predicted octanol–water partition coefficient (Wildman–Crippen LogP) is 8.13. The maximum atomic E-state index is 3.28. The van der Waals surface area contributed by atoms with Crippen LogP contribution in [0.15, 0.2) is 71.4 Å². The zero-order valence-electron chi connectivity index (χ0n) is 15.0. The van der Waals surface area contributed by atoms with Crippen LogP contribution in [0.5, 0.6) is 0 Å². The van der Waals surface area contributed by atoms with E-state index in [9.17, 15) is 0 Å². The Morgan fingerprint density at radius 3 is 1.28 bits per heavy atom. The van der Waals surface area contributed by atoms with E-state index in [-0.39, 0.29) is 0 Å². The van der Waals surface area contributed by atoms with Gasteiger partial charge in [0.25, 0.3) is 0 Å². The topological polar surface area (TPSA) is 0 Å². The van der Waals surface area contributed by atoms with Crippen molar-refractivity contribution in [1.29, 1.82) is 0 Å². The molecule has 0 atom stereocenters. The second kappa shape index (κ2) is 8.55. The smallest absolute Gasteiger partial charge is 0.0779 e. The van der Waals surface area contributed by atoms with Gasteiger partial charge in [0.2, 0.25) is 0 Å². The number of hydrogen-bond donors (Lipinski definition) is 0. The molecule has 0 radical (unpaired) electrons. The van der Waals surface area contributed by atoms with Crippen molar-refractivity contribution in [3.63, 3.8) is 0 Å². The van der Waals surface area contributed by atoms with E-state index in [0.29, 0.717) is 0 Å². The third kappa shape index (κ3) is 4.46. The molecule has 5 aromatic heterocycles. The average molecular weight is 461 g/mol. The Morgan fingerprint density at radius 1 is 0.414 bits per heavy atom. The Balaban J connectivity index is 1.34. The Bertz CT molecular complexity index is 1250. The van der Waals surface area contributed by atoms with E-state index in [0.717, 1.165) is 19.5 Å². The van der Waals surface area contributed by atoms with Gasteiger partial charge in [0.15, 0.2) is 0 Å². The first-order valence-corrected chi connectivity index (χ1v) is 13.0. The summed E-state index contributed by atoms with van der Waals surface area (Å²) < 4.78 is 0. The number of hydrogen-bond acceptors (Lipinski definition) is 5. The molecule has 0 nitrogen and oxygen atoms in total. The fourth-order valence-electron chi connectivity index (χ4n) is 2.62. The van der Waals surface area contributed by atoms with Gasteiger partial charge in [-0.25, -0.2) is 0 Å². The van der Waals surface area contributed by atoms with Gasteiger partial charge in [-0.05, 0) is 83.0 Å². The van der Waals surface area contributed by atoms with E-state index in [2.05, 4.69) is 83.0 Å². The van der Waals surface area contributed by atoms with Crippen molar-refractivity contribution in [1.82, 2.24) is 0 Å². The third-order valence-corrected chi connectivity index (χ3v) is 9.01. The molecule has 138 valence electrons. The SMILES string of the molecule is C(#Cc1ccc(-c2ccc(-c3ccc(C#Cc4cccs4)s3)s2)s1)c1cccs1. The first-order chi connectivity index (χ1) is 14.3. The molecule has 0 unspecified atom stereocenters. The lowest BCUT2D eigenvalue weighted by Gasteiger charge is -1.90. The van der Waals surface area contributed by atoms with Crippen LogP contribution < -0.4 is 0 Å². The number of rotatable bonds is 2. The van der Waals surface area contributed by atoms with Crippen molar-refractivity contribution in [2.75, 3.05) is 0 Å². The molecule has 0 saturated heterocycles. The molecule has 0 aromatic carbocycles. The molecule has 5 aromatic rings. The van der Waals surface area contributed by atoms with Crippen LogP contribution in [0, 0.1) is 23.7 Å². The van der Waals surface area contributed by atoms with Crippen molar-refractivity contribution in [2.45, 2.75) is 0 Å². The molecule has 0 spiro atoms. The quantitative estimate of drug-likeness (QED) is 0.233. The standard InChI is InChI=1S/C24H12S5/c1-3-17(25-15-1)5-7-19-9-11-21(27-19)23-13-14-24(29-23)22-12-10-20(28-22)8-6-18-4-2-16-26-18/h1-4,9-16H. The maximum Gasteiger partial charge on any atom is 0.0779 e. The van der Waals surface area contributed by atoms with Gasteiger partial charge in [0.1, 0.15) is 0 Å². The van der Waals surface area contributed by atoms with Gasteiger partial charge < -0.3 is 0 Å². The lowest BCUT2D eigenvalue weighted by molar-refractivity contribution is 1.88. The molecule has 0 N–H and O–H groups in total. The molecule has 0 amide bonds. The fourth-order valence-corrected chi connectivity index (χ4v) is 6.67. The van der Waals surface area contributed by atoms with Gasteiger partial charge in [0.05, 0.1) is 19.5 Å². The minimum absolute atomic E-state index is 1.10. The van der Waals surface area contributed by atoms with Crippen LogP contribution in [0.1, 0.15) is 19.5 Å². The molecule has 5 heterocycles. The predicted molar refractivity (Wildman–Crippen MR) is 132 cm³/mol. The van der Waals surface area contributed by atoms with Crippen molar-refractivity contribution >= 4 is 56.7 Å². The molecule has 29 heavy (non-hydrogen) atoms. The van der Waals surface area contributed by atoms with E-state index in [4.69, 9.17) is 0 Å². The summed E-state index contributed by atoms with van der Waals surface area (Å²) in [6, 6.07) is 21.2. The normalized spacial score (nSPS) is 10.2. The van der Waals surface area contributed by atoms with Crippen molar-refractivity contribution in [2.24, 2.45) is 0 Å². The van der Waals surface area contributed by atoms with Crippen LogP contribution in [0.2, 0.25) is 0 Å². The monoisotopic (exact) mass is 460 g/mol. The fraction of sp³-hybridized carbons (Fsp3) is 0. The Kier molecular flexibility index (Phi) is 5.49. The lowest BCUT2D eigenvalue weighted by Crippen LogP contribution is -1.62. The third-order valence-electron chi connectivity index (χ3n) is 3.96. The van der Waals surface area contributed by atoms with Crippen LogP contribution in [-0.4, -0.2) is 0 Å². The summed E-state index contributed by atoms with van der Waals surface area (Å²) in [4.78, 5) is 9.53. The lowest BCUT2D eigenvalue weighted by atomic mass is 10.3. The molecule has 5 heteroatoms. The van der Waals surface area contributed by atoms with Crippen LogP contribution in [-0.2, 0) is 0 Å². The van der Waals surface area contributed by atoms with Gasteiger partial charge in [-0.2, -0.15) is 0 Å². The summed E-state index contributed by atoms with van der Waals surface area (Å²) in [5.74, 6) is 13.0. The van der Waals surface area contributed by atoms with Crippen LogP contribution in [0.25, 0.3) is 19.5 Å². The molecule has 0 fully saturated rings. The largest absolute Gasteiger partial charge is 0.135 e.